The van der Waals surface area contributed by atoms with E-state index in [0.29, 0.717) is 13.0 Å². The van der Waals surface area contributed by atoms with Gasteiger partial charge in [0, 0.05) is 24.7 Å². The summed E-state index contributed by atoms with van der Waals surface area (Å²) in [4.78, 5) is 12.0. The summed E-state index contributed by atoms with van der Waals surface area (Å²) in [6.07, 6.45) is 1.22. The Morgan fingerprint density at radius 1 is 1.19 bits per heavy atom. The van der Waals surface area contributed by atoms with Gasteiger partial charge in [-0.25, -0.2) is 0 Å². The standard InChI is InChI=1S/C20H30N4O.ClH/c1-14-6-8-18(9-7-14)13-24-17(4)19(16(3)23-24)10-11-20(25)22-12-15(2)21-5;/h6-9,15,21H,10-13H2,1-5H3,(H,22,25);1H. The van der Waals surface area contributed by atoms with Gasteiger partial charge in [0.15, 0.2) is 0 Å². The van der Waals surface area contributed by atoms with Crippen molar-refractivity contribution in [3.63, 3.8) is 0 Å². The number of nitrogens with one attached hydrogen (secondary N) is 2. The third kappa shape index (κ3) is 6.15. The Hall–Kier alpha value is -1.85. The lowest BCUT2D eigenvalue weighted by molar-refractivity contribution is -0.121. The molecule has 0 aliphatic heterocycles. The highest BCUT2D eigenvalue weighted by atomic mass is 35.5. The first-order chi connectivity index (χ1) is 11.9. The number of benzene rings is 1. The lowest BCUT2D eigenvalue weighted by atomic mass is 10.1. The molecule has 0 aliphatic rings. The number of halogens is 1. The zero-order valence-electron chi connectivity index (χ0n) is 16.4. The van der Waals surface area contributed by atoms with Gasteiger partial charge in [0.1, 0.15) is 0 Å². The van der Waals surface area contributed by atoms with Crippen LogP contribution in [0, 0.1) is 20.8 Å². The molecule has 1 unspecified atom stereocenters. The van der Waals surface area contributed by atoms with Crippen LogP contribution >= 0.6 is 12.4 Å². The van der Waals surface area contributed by atoms with Gasteiger partial charge in [-0.1, -0.05) is 29.8 Å². The minimum Gasteiger partial charge on any atom is -0.355 e. The third-order valence-electron chi connectivity index (χ3n) is 4.68. The highest BCUT2D eigenvalue weighted by molar-refractivity contribution is 5.85. The number of hydrogen-bond acceptors (Lipinski definition) is 3. The Labute approximate surface area is 163 Å². The van der Waals surface area contributed by atoms with Crippen LogP contribution < -0.4 is 10.6 Å². The fourth-order valence-corrected chi connectivity index (χ4v) is 2.81. The summed E-state index contributed by atoms with van der Waals surface area (Å²) < 4.78 is 2.04. The Kier molecular flexibility index (Phi) is 8.82. The molecular weight excluding hydrogens is 348 g/mol. The molecule has 1 atom stereocenters. The number of amides is 1. The molecule has 0 fully saturated rings. The van der Waals surface area contributed by atoms with Gasteiger partial charge in [0.05, 0.1) is 12.2 Å². The minimum absolute atomic E-state index is 0. The maximum atomic E-state index is 12.0. The van der Waals surface area contributed by atoms with Crippen LogP contribution in [0.1, 0.15) is 41.4 Å². The summed E-state index contributed by atoms with van der Waals surface area (Å²) in [5.41, 5.74) is 5.84. The second kappa shape index (κ2) is 10.3. The van der Waals surface area contributed by atoms with Crippen LogP contribution in [0.3, 0.4) is 0 Å². The minimum atomic E-state index is 0. The first kappa shape index (κ1) is 22.2. The monoisotopic (exact) mass is 378 g/mol. The first-order valence-electron chi connectivity index (χ1n) is 8.93. The van der Waals surface area contributed by atoms with Crippen molar-refractivity contribution in [1.82, 2.24) is 20.4 Å². The largest absolute Gasteiger partial charge is 0.355 e. The quantitative estimate of drug-likeness (QED) is 0.742. The van der Waals surface area contributed by atoms with Gasteiger partial charge in [0.2, 0.25) is 5.91 Å². The molecule has 2 rings (SSSR count). The third-order valence-corrected chi connectivity index (χ3v) is 4.68. The SMILES string of the molecule is CNC(C)CNC(=O)CCc1c(C)nn(Cc2ccc(C)cc2)c1C.Cl. The van der Waals surface area contributed by atoms with Crippen molar-refractivity contribution in [3.05, 3.63) is 52.3 Å². The number of nitrogens with zero attached hydrogens (tertiary/aromatic N) is 2. The van der Waals surface area contributed by atoms with Crippen LogP contribution in [0.4, 0.5) is 0 Å². The number of hydrogen-bond donors (Lipinski definition) is 2. The molecule has 5 nitrogen and oxygen atoms in total. The van der Waals surface area contributed by atoms with Crippen molar-refractivity contribution in [1.29, 1.82) is 0 Å². The summed E-state index contributed by atoms with van der Waals surface area (Å²) in [5, 5.41) is 10.7. The van der Waals surface area contributed by atoms with E-state index in [4.69, 9.17) is 0 Å². The average molecular weight is 379 g/mol. The summed E-state index contributed by atoms with van der Waals surface area (Å²) in [5.74, 6) is 0.0900. The number of rotatable bonds is 8. The van der Waals surface area contributed by atoms with Crippen molar-refractivity contribution < 1.29 is 4.79 Å². The molecule has 0 saturated carbocycles. The highest BCUT2D eigenvalue weighted by Gasteiger charge is 2.13. The van der Waals surface area contributed by atoms with Crippen molar-refractivity contribution in [2.75, 3.05) is 13.6 Å². The molecule has 0 radical (unpaired) electrons. The number of aromatic nitrogens is 2. The van der Waals surface area contributed by atoms with E-state index in [0.717, 1.165) is 24.4 Å². The molecule has 0 bridgehead atoms. The fourth-order valence-electron chi connectivity index (χ4n) is 2.81. The normalized spacial score (nSPS) is 11.7. The molecule has 26 heavy (non-hydrogen) atoms. The van der Waals surface area contributed by atoms with Crippen LogP contribution in [0.2, 0.25) is 0 Å². The lowest BCUT2D eigenvalue weighted by Gasteiger charge is -2.11. The fraction of sp³-hybridized carbons (Fsp3) is 0.500. The molecule has 2 aromatic rings. The van der Waals surface area contributed by atoms with Crippen molar-refractivity contribution in [2.45, 2.75) is 53.1 Å². The van der Waals surface area contributed by atoms with E-state index in [2.05, 4.69) is 53.8 Å². The maximum absolute atomic E-state index is 12.0. The van der Waals surface area contributed by atoms with Gasteiger partial charge in [-0.05, 0) is 52.3 Å². The molecule has 1 heterocycles. The molecule has 144 valence electrons. The van der Waals surface area contributed by atoms with E-state index in [1.165, 1.54) is 16.7 Å². The molecular formula is C20H31ClN4O. The van der Waals surface area contributed by atoms with Gasteiger partial charge >= 0.3 is 0 Å². The van der Waals surface area contributed by atoms with Gasteiger partial charge in [-0.3, -0.25) is 9.48 Å². The first-order valence-corrected chi connectivity index (χ1v) is 8.93. The predicted octanol–water partition coefficient (Wildman–Crippen LogP) is 2.94. The van der Waals surface area contributed by atoms with Crippen molar-refractivity contribution in [3.8, 4) is 0 Å². The summed E-state index contributed by atoms with van der Waals surface area (Å²) in [7, 11) is 1.89. The van der Waals surface area contributed by atoms with E-state index in [1.807, 2.05) is 25.6 Å². The zero-order chi connectivity index (χ0) is 18.4. The topological polar surface area (TPSA) is 58.9 Å². The molecule has 0 aliphatic carbocycles. The van der Waals surface area contributed by atoms with Gasteiger partial charge in [0.25, 0.3) is 0 Å². The number of aryl methyl sites for hydroxylation is 2. The Morgan fingerprint density at radius 2 is 1.85 bits per heavy atom. The molecule has 2 N–H and O–H groups in total. The van der Waals surface area contributed by atoms with Crippen molar-refractivity contribution in [2.24, 2.45) is 0 Å². The zero-order valence-corrected chi connectivity index (χ0v) is 17.2. The van der Waals surface area contributed by atoms with E-state index >= 15 is 0 Å². The van der Waals surface area contributed by atoms with Crippen molar-refractivity contribution >= 4 is 18.3 Å². The van der Waals surface area contributed by atoms with E-state index in [9.17, 15) is 4.79 Å². The maximum Gasteiger partial charge on any atom is 0.220 e. The van der Waals surface area contributed by atoms with Crippen LogP contribution in [0.25, 0.3) is 0 Å². The van der Waals surface area contributed by atoms with Gasteiger partial charge in [-0.15, -0.1) is 12.4 Å². The van der Waals surface area contributed by atoms with E-state index in [-0.39, 0.29) is 24.4 Å². The number of likely N-dealkylation sites (N-methyl/N-ethyl adjacent to an activating group) is 1. The van der Waals surface area contributed by atoms with Crippen LogP contribution in [-0.4, -0.2) is 35.3 Å². The Balaban J connectivity index is 0.00000338. The molecule has 1 aromatic heterocycles. The van der Waals surface area contributed by atoms with E-state index in [1.54, 1.807) is 0 Å². The Morgan fingerprint density at radius 3 is 2.46 bits per heavy atom. The predicted molar refractivity (Wildman–Crippen MR) is 109 cm³/mol. The van der Waals surface area contributed by atoms with Crippen LogP contribution in [0.5, 0.6) is 0 Å². The Bertz CT molecular complexity index is 709. The molecule has 6 heteroatoms. The lowest BCUT2D eigenvalue weighted by Crippen LogP contribution is -2.37. The summed E-state index contributed by atoms with van der Waals surface area (Å²) in [6.45, 7) is 9.66. The second-order valence-corrected chi connectivity index (χ2v) is 6.79. The highest BCUT2D eigenvalue weighted by Crippen LogP contribution is 2.17. The average Bonchev–Trinajstić information content (AvgIpc) is 2.86. The van der Waals surface area contributed by atoms with Crippen LogP contribution in [-0.2, 0) is 17.8 Å². The molecule has 0 saturated heterocycles. The van der Waals surface area contributed by atoms with Crippen LogP contribution in [0.15, 0.2) is 24.3 Å². The summed E-state index contributed by atoms with van der Waals surface area (Å²) >= 11 is 0. The van der Waals surface area contributed by atoms with E-state index < -0.39 is 0 Å². The number of carbonyl (C=O) groups excluding carboxylic acids is 1. The number of carbonyl (C=O) groups is 1. The molecule has 0 spiro atoms. The van der Waals surface area contributed by atoms with Gasteiger partial charge in [-0.2, -0.15) is 5.10 Å². The molecule has 1 amide bonds. The van der Waals surface area contributed by atoms with Gasteiger partial charge < -0.3 is 10.6 Å². The summed E-state index contributed by atoms with van der Waals surface area (Å²) in [6, 6.07) is 8.81. The second-order valence-electron chi connectivity index (χ2n) is 6.79. The molecule has 1 aromatic carbocycles. The smallest absolute Gasteiger partial charge is 0.220 e.